The van der Waals surface area contributed by atoms with Crippen LogP contribution in [-0.2, 0) is 0 Å². The van der Waals surface area contributed by atoms with Gasteiger partial charge in [-0.2, -0.15) is 0 Å². The molecule has 0 unspecified atom stereocenters. The molecule has 9 rings (SSSR count). The molecular weight excluding hydrogens is 523 g/mol. The van der Waals surface area contributed by atoms with Crippen LogP contribution in [0.1, 0.15) is 0 Å². The van der Waals surface area contributed by atoms with E-state index >= 15 is 0 Å². The van der Waals surface area contributed by atoms with Gasteiger partial charge in [-0.15, -0.1) is 0 Å². The Morgan fingerprint density at radius 2 is 0.780 bits per heavy atom. The van der Waals surface area contributed by atoms with Gasteiger partial charge in [-0.3, -0.25) is 9.34 Å². The zero-order valence-electron chi connectivity index (χ0n) is 21.9. The first-order chi connectivity index (χ1) is 20.4. The second-order valence-corrected chi connectivity index (χ2v) is 12.1. The van der Waals surface area contributed by atoms with Crippen molar-refractivity contribution in [1.82, 2.24) is 0 Å². The Bertz CT molecular complexity index is 2110. The molecule has 0 amide bonds. The smallest absolute Gasteiger partial charge is 0.138 e. The fraction of sp³-hybridized carbons (Fsp3) is 0. The fourth-order valence-corrected chi connectivity index (χ4v) is 8.80. The maximum absolute atomic E-state index is 6.34. The number of hydrogen-bond acceptors (Lipinski definition) is 4. The van der Waals surface area contributed by atoms with Crippen LogP contribution >= 0.6 is 8.22 Å². The van der Waals surface area contributed by atoms with E-state index in [4.69, 9.17) is 8.83 Å². The first kappa shape index (κ1) is 22.7. The molecule has 8 aromatic rings. The number of hydrogen-bond donors (Lipinski definition) is 0. The van der Waals surface area contributed by atoms with Gasteiger partial charge in [0.2, 0.25) is 0 Å². The van der Waals surface area contributed by atoms with Crippen molar-refractivity contribution < 1.29 is 8.83 Å². The van der Waals surface area contributed by atoms with E-state index in [0.717, 1.165) is 55.3 Å². The van der Waals surface area contributed by atoms with Crippen molar-refractivity contribution in [1.29, 1.82) is 0 Å². The molecule has 4 nitrogen and oxygen atoms in total. The minimum absolute atomic E-state index is 0.894. The van der Waals surface area contributed by atoms with Crippen LogP contribution in [0.5, 0.6) is 0 Å². The summed E-state index contributed by atoms with van der Waals surface area (Å²) in [5.41, 5.74) is 8.21. The highest BCUT2D eigenvalue weighted by molar-refractivity contribution is 7.70. The standard InChI is InChI=1S/C36H23N2O2P/c1-2-12-24(13-3-1)41-37(29-18-10-22-33-35(29)25-14-4-8-20-31(25)39-33)27-16-6-7-17-28(27)38(41)30-19-11-23-34-36(30)26-15-5-9-21-32(26)40-34/h1-23H. The third-order valence-electron chi connectivity index (χ3n) is 7.92. The highest BCUT2D eigenvalue weighted by atomic mass is 31.1. The van der Waals surface area contributed by atoms with Gasteiger partial charge in [-0.1, -0.05) is 91.0 Å². The molecule has 0 saturated carbocycles. The lowest BCUT2D eigenvalue weighted by Gasteiger charge is -2.33. The van der Waals surface area contributed by atoms with Crippen LogP contribution in [0.2, 0.25) is 0 Å². The van der Waals surface area contributed by atoms with E-state index in [1.165, 1.54) is 16.7 Å². The molecule has 1 aliphatic rings. The summed E-state index contributed by atoms with van der Waals surface area (Å²) in [4.78, 5) is 0. The summed E-state index contributed by atoms with van der Waals surface area (Å²) in [5.74, 6) is 0. The molecule has 0 saturated heterocycles. The summed E-state index contributed by atoms with van der Waals surface area (Å²) >= 11 is 0. The average Bonchev–Trinajstić information content (AvgIpc) is 3.71. The number of rotatable bonds is 3. The van der Waals surface area contributed by atoms with E-state index in [1.54, 1.807) is 0 Å². The van der Waals surface area contributed by atoms with Crippen molar-refractivity contribution in [2.75, 3.05) is 9.34 Å². The lowest BCUT2D eigenvalue weighted by molar-refractivity contribution is 0.668. The summed E-state index contributed by atoms with van der Waals surface area (Å²) in [5, 5.41) is 5.78. The lowest BCUT2D eigenvalue weighted by atomic mass is 10.1. The molecule has 5 heteroatoms. The van der Waals surface area contributed by atoms with Gasteiger partial charge in [0.15, 0.2) is 0 Å². The Labute approximate surface area is 237 Å². The molecule has 0 spiro atoms. The van der Waals surface area contributed by atoms with Gasteiger partial charge in [-0.25, -0.2) is 0 Å². The first-order valence-electron chi connectivity index (χ1n) is 13.7. The third-order valence-corrected chi connectivity index (χ3v) is 10.3. The monoisotopic (exact) mass is 546 g/mol. The van der Waals surface area contributed by atoms with E-state index < -0.39 is 8.22 Å². The number of furan rings is 2. The number of anilines is 4. The quantitative estimate of drug-likeness (QED) is 0.206. The van der Waals surface area contributed by atoms with Crippen LogP contribution in [0.15, 0.2) is 148 Å². The number of benzene rings is 6. The Balaban J connectivity index is 1.38. The van der Waals surface area contributed by atoms with Crippen molar-refractivity contribution in [2.45, 2.75) is 0 Å². The van der Waals surface area contributed by atoms with E-state index in [1.807, 2.05) is 24.3 Å². The summed E-state index contributed by atoms with van der Waals surface area (Å²) in [6.07, 6.45) is 0. The van der Waals surface area contributed by atoms with Crippen LogP contribution in [0.4, 0.5) is 22.7 Å². The highest BCUT2D eigenvalue weighted by Gasteiger charge is 2.41. The topological polar surface area (TPSA) is 32.8 Å². The average molecular weight is 547 g/mol. The van der Waals surface area contributed by atoms with E-state index in [9.17, 15) is 0 Å². The molecule has 2 aromatic heterocycles. The summed E-state index contributed by atoms with van der Waals surface area (Å²) in [7, 11) is -1.08. The van der Waals surface area contributed by atoms with Gasteiger partial charge in [0.25, 0.3) is 0 Å². The van der Waals surface area contributed by atoms with E-state index in [-0.39, 0.29) is 0 Å². The summed E-state index contributed by atoms with van der Waals surface area (Å²) < 4.78 is 17.8. The Kier molecular flexibility index (Phi) is 4.84. The van der Waals surface area contributed by atoms with Gasteiger partial charge in [0.1, 0.15) is 30.6 Å². The highest BCUT2D eigenvalue weighted by Crippen LogP contribution is 2.66. The molecule has 3 heterocycles. The van der Waals surface area contributed by atoms with Gasteiger partial charge in [-0.05, 0) is 48.5 Å². The molecule has 1 aliphatic heterocycles. The van der Waals surface area contributed by atoms with Crippen molar-refractivity contribution in [3.05, 3.63) is 140 Å². The SMILES string of the molecule is c1ccc(P2N(c3cccc4oc5ccccc5c34)c3ccccc3N2c2cccc3oc4ccccc4c23)cc1. The molecule has 194 valence electrons. The van der Waals surface area contributed by atoms with Gasteiger partial charge < -0.3 is 8.83 Å². The molecular formula is C36H23N2O2P. The lowest BCUT2D eigenvalue weighted by Crippen LogP contribution is -2.22. The van der Waals surface area contributed by atoms with Gasteiger partial charge in [0.05, 0.1) is 33.5 Å². The largest absolute Gasteiger partial charge is 0.456 e. The van der Waals surface area contributed by atoms with Crippen molar-refractivity contribution >= 4 is 80.2 Å². The Morgan fingerprint density at radius 1 is 0.366 bits per heavy atom. The zero-order chi connectivity index (χ0) is 26.9. The van der Waals surface area contributed by atoms with Crippen LogP contribution < -0.4 is 14.6 Å². The number of fused-ring (bicyclic) bond motifs is 7. The van der Waals surface area contributed by atoms with Crippen molar-refractivity contribution in [3.8, 4) is 0 Å². The fourth-order valence-electron chi connectivity index (χ4n) is 6.24. The minimum atomic E-state index is -1.08. The second kappa shape index (κ2) is 8.72. The van der Waals surface area contributed by atoms with Gasteiger partial charge in [0, 0.05) is 16.1 Å². The number of nitrogens with zero attached hydrogens (tertiary/aromatic N) is 2. The molecule has 0 bridgehead atoms. The normalized spacial score (nSPS) is 13.7. The maximum Gasteiger partial charge on any atom is 0.138 e. The Hall–Kier alpha value is -5.05. The van der Waals surface area contributed by atoms with Crippen LogP contribution in [0.25, 0.3) is 43.9 Å². The molecule has 0 N–H and O–H groups in total. The zero-order valence-corrected chi connectivity index (χ0v) is 22.8. The minimum Gasteiger partial charge on any atom is -0.456 e. The molecule has 6 aromatic carbocycles. The number of para-hydroxylation sites is 4. The van der Waals surface area contributed by atoms with Crippen molar-refractivity contribution in [3.63, 3.8) is 0 Å². The molecule has 41 heavy (non-hydrogen) atoms. The second-order valence-electron chi connectivity index (χ2n) is 10.2. The molecule has 0 radical (unpaired) electrons. The van der Waals surface area contributed by atoms with Crippen LogP contribution in [0.3, 0.4) is 0 Å². The summed E-state index contributed by atoms with van der Waals surface area (Å²) in [6.45, 7) is 0. The van der Waals surface area contributed by atoms with Crippen LogP contribution in [-0.4, -0.2) is 0 Å². The molecule has 0 aliphatic carbocycles. The first-order valence-corrected chi connectivity index (χ1v) is 15.0. The predicted molar refractivity (Wildman–Crippen MR) is 171 cm³/mol. The van der Waals surface area contributed by atoms with Crippen LogP contribution in [0, 0.1) is 0 Å². The molecule has 0 fully saturated rings. The van der Waals surface area contributed by atoms with Crippen molar-refractivity contribution in [2.24, 2.45) is 0 Å². The van der Waals surface area contributed by atoms with E-state index in [0.29, 0.717) is 0 Å². The maximum atomic E-state index is 6.34. The summed E-state index contributed by atoms with van der Waals surface area (Å²) in [6, 6.07) is 49.1. The van der Waals surface area contributed by atoms with E-state index in [2.05, 4.69) is 125 Å². The third kappa shape index (κ3) is 3.26. The van der Waals surface area contributed by atoms with Gasteiger partial charge >= 0.3 is 0 Å². The molecule has 0 atom stereocenters. The Morgan fingerprint density at radius 3 is 1.32 bits per heavy atom. The predicted octanol–water partition coefficient (Wildman–Crippen LogP) is 10.4.